The molecular weight excluding hydrogens is 537 g/mol. The van der Waals surface area contributed by atoms with Gasteiger partial charge in [-0.05, 0) is 32.9 Å². The van der Waals surface area contributed by atoms with Crippen molar-refractivity contribution in [2.75, 3.05) is 0 Å². The zero-order chi connectivity index (χ0) is 8.12. The predicted octanol–water partition coefficient (Wildman–Crippen LogP) is -8.62. The topological polar surface area (TPSA) is 120 Å². The molecule has 13 heteroatoms. The molecule has 0 aromatic carbocycles. The van der Waals surface area contributed by atoms with Crippen LogP contribution in [0.5, 0.6) is 0 Å². The maximum absolute atomic E-state index is 8.50. The van der Waals surface area contributed by atoms with E-state index in [1.807, 2.05) is 0 Å². The fraction of sp³-hybridized carbons (Fsp3) is 0. The molecule has 0 bridgehead atoms. The summed E-state index contributed by atoms with van der Waals surface area (Å²) >= 11 is -6.00. The average Bonchev–Trinajstić information content (AvgIpc) is 1.70. The second-order valence-electron chi connectivity index (χ2n) is 0.250. The van der Waals surface area contributed by atoms with Crippen LogP contribution < -0.4 is 12.4 Å². The molecule has 0 saturated heterocycles. The van der Waals surface area contributed by atoms with Gasteiger partial charge in [0.1, 0.15) is 0 Å². The molecule has 0 aromatic heterocycles. The fourth-order valence-corrected chi connectivity index (χ4v) is 0. The van der Waals surface area contributed by atoms with Gasteiger partial charge < -0.3 is 0 Å². The maximum atomic E-state index is 8.50. The molecule has 0 aromatic rings. The molecule has 0 fully saturated rings. The van der Waals surface area contributed by atoms with E-state index in [0.29, 0.717) is 0 Å². The molecular formula is H9Ge3LaO6Si3. The van der Waals surface area contributed by atoms with E-state index in [2.05, 4.69) is 0 Å². The van der Waals surface area contributed by atoms with Crippen LogP contribution in [0.4, 0.5) is 0 Å². The standard InChI is InChI=1S/3GeO2.La.3H3Si/c3*2-1-3;;;;/h;;;;3*1H3/q3*-1;+3;;;. The molecule has 0 spiro atoms. The van der Waals surface area contributed by atoms with Crippen molar-refractivity contribution >= 4 is 80.0 Å². The van der Waals surface area contributed by atoms with Crippen LogP contribution in [-0.2, 0) is 11.3 Å². The molecule has 6 nitrogen and oxygen atoms in total. The Labute approximate surface area is 137 Å². The largest absolute Gasteiger partial charge is 0.0125 e. The van der Waals surface area contributed by atoms with Gasteiger partial charge in [-0.3, -0.25) is 0 Å². The third-order valence-electron chi connectivity index (χ3n) is 0. The van der Waals surface area contributed by atoms with Gasteiger partial charge in [0.15, 0.2) is 0 Å². The Morgan fingerprint density at radius 1 is 0.615 bits per heavy atom. The predicted molar refractivity (Wildman–Crippen MR) is 49.1 cm³/mol. The van der Waals surface area contributed by atoms with E-state index in [-0.39, 0.29) is 68.5 Å². The molecule has 0 N–H and O–H groups in total. The summed E-state index contributed by atoms with van der Waals surface area (Å²) in [4.78, 5) is 0. The van der Waals surface area contributed by atoms with Crippen molar-refractivity contribution in [2.45, 2.75) is 0 Å². The first-order valence-corrected chi connectivity index (χ1v) is 6.36. The monoisotopic (exact) mass is 550 g/mol. The van der Waals surface area contributed by atoms with Gasteiger partial charge in [0.25, 0.3) is 0 Å². The molecule has 13 heavy (non-hydrogen) atoms. The molecule has 0 unspecified atom stereocenters. The Morgan fingerprint density at radius 3 is 0.615 bits per heavy atom. The summed E-state index contributed by atoms with van der Waals surface area (Å²) in [5.41, 5.74) is 0. The zero-order valence-electron chi connectivity index (χ0n) is 7.53. The first kappa shape index (κ1) is 45.5. The number of hydrogen-bond acceptors (Lipinski definition) is 6. The van der Waals surface area contributed by atoms with Gasteiger partial charge in [-0.25, -0.2) is 0 Å². The van der Waals surface area contributed by atoms with Crippen LogP contribution in [-0.4, -0.2) is 80.0 Å². The Balaban J connectivity index is -0.00000000720. The van der Waals surface area contributed by atoms with Gasteiger partial charge in [-0.1, -0.05) is 0 Å². The summed E-state index contributed by atoms with van der Waals surface area (Å²) in [6.07, 6.45) is 0. The van der Waals surface area contributed by atoms with Crippen LogP contribution >= 0.6 is 0 Å². The van der Waals surface area contributed by atoms with E-state index in [1.165, 1.54) is 0 Å². The van der Waals surface area contributed by atoms with Crippen molar-refractivity contribution in [3.05, 3.63) is 0 Å². The number of rotatable bonds is 0. The minimum Gasteiger partial charge on any atom is -0.0125 e. The molecule has 0 rings (SSSR count). The Morgan fingerprint density at radius 2 is 0.615 bits per heavy atom. The first-order valence-electron chi connectivity index (χ1n) is 1.22. The Kier molecular flexibility index (Phi) is 316. The quantitative estimate of drug-likeness (QED) is 0.279. The normalized spacial score (nSPS) is 2.77. The van der Waals surface area contributed by atoms with Crippen LogP contribution in [0, 0.1) is 35.6 Å². The molecule has 0 aliphatic carbocycles. The molecule has 0 saturated carbocycles. The first-order chi connectivity index (χ1) is 4.24. The molecule has 0 amide bonds. The molecule has 0 atom stereocenters. The van der Waals surface area contributed by atoms with Crippen LogP contribution in [0.1, 0.15) is 0 Å². The van der Waals surface area contributed by atoms with Crippen molar-refractivity contribution < 1.29 is 59.3 Å². The minimum atomic E-state index is -2.00. The summed E-state index contributed by atoms with van der Waals surface area (Å²) in [6.45, 7) is 0. The van der Waals surface area contributed by atoms with E-state index in [9.17, 15) is 0 Å². The third-order valence-corrected chi connectivity index (χ3v) is 0. The second-order valence-corrected chi connectivity index (χ2v) is 1.30. The second kappa shape index (κ2) is 90.4. The SMILES string of the molecule is [La+3].[O]=[Ge][O-].[O]=[Ge][O-].[O]=[Ge][O-].[SiH3].[SiH3].[SiH3]. The van der Waals surface area contributed by atoms with Gasteiger partial charge in [0.05, 0.1) is 0 Å². The van der Waals surface area contributed by atoms with E-state index < -0.39 is 47.1 Å². The van der Waals surface area contributed by atoms with E-state index in [4.69, 9.17) is 23.7 Å². The van der Waals surface area contributed by atoms with Crippen LogP contribution in [0.2, 0.25) is 0 Å². The molecule has 0 aliphatic rings. The fourth-order valence-electron chi connectivity index (χ4n) is 0. The molecule has 6 radical (unpaired) electrons. The average molecular weight is 546 g/mol. The zero-order valence-corrected chi connectivity index (χ0v) is 23.4. The van der Waals surface area contributed by atoms with Gasteiger partial charge in [-0.15, -0.1) is 0 Å². The van der Waals surface area contributed by atoms with Crippen molar-refractivity contribution in [1.82, 2.24) is 0 Å². The summed E-state index contributed by atoms with van der Waals surface area (Å²) in [5, 5.41) is 0. The van der Waals surface area contributed by atoms with Gasteiger partial charge in [0.2, 0.25) is 0 Å². The summed E-state index contributed by atoms with van der Waals surface area (Å²) in [7, 11) is 0. The third kappa shape index (κ3) is 416. The minimum absolute atomic E-state index is 0. The summed E-state index contributed by atoms with van der Waals surface area (Å²) < 4.78 is 51.0. The van der Waals surface area contributed by atoms with Crippen molar-refractivity contribution in [2.24, 2.45) is 0 Å². The van der Waals surface area contributed by atoms with Crippen LogP contribution in [0.15, 0.2) is 0 Å². The number of hydrogen-bond donors (Lipinski definition) is 0. The Hall–Kier alpha value is 2.27. The van der Waals surface area contributed by atoms with Gasteiger partial charge in [0, 0.05) is 0 Å². The van der Waals surface area contributed by atoms with Gasteiger partial charge in [-0.2, -0.15) is 0 Å². The van der Waals surface area contributed by atoms with Gasteiger partial charge >= 0.3 is 106 Å². The van der Waals surface area contributed by atoms with E-state index in [0.717, 1.165) is 0 Å². The van der Waals surface area contributed by atoms with Crippen LogP contribution in [0.3, 0.4) is 0 Å². The van der Waals surface area contributed by atoms with E-state index >= 15 is 0 Å². The maximum Gasteiger partial charge on any atom is -0.0125 e. The Bertz CT molecular complexity index is 59.9. The van der Waals surface area contributed by atoms with Crippen molar-refractivity contribution in [1.29, 1.82) is 0 Å². The van der Waals surface area contributed by atoms with Crippen molar-refractivity contribution in [3.63, 3.8) is 0 Å². The smallest absolute Gasteiger partial charge is 0.0125 e. The molecule has 0 heterocycles. The van der Waals surface area contributed by atoms with Crippen LogP contribution in [0.25, 0.3) is 0 Å². The van der Waals surface area contributed by atoms with Crippen molar-refractivity contribution in [3.8, 4) is 0 Å². The molecule has 0 aliphatic heterocycles. The summed E-state index contributed by atoms with van der Waals surface area (Å²) in [5.74, 6) is 0. The summed E-state index contributed by atoms with van der Waals surface area (Å²) in [6, 6.07) is 0. The van der Waals surface area contributed by atoms with E-state index in [1.54, 1.807) is 0 Å². The molecule has 72 valence electrons.